The molecule has 0 saturated carbocycles. The van der Waals surface area contributed by atoms with Crippen molar-refractivity contribution in [1.82, 2.24) is 9.29 Å². The molecule has 0 bridgehead atoms. The topological polar surface area (TPSA) is 83.3 Å². The predicted octanol–water partition coefficient (Wildman–Crippen LogP) is 0.776. The van der Waals surface area contributed by atoms with E-state index in [-0.39, 0.29) is 30.3 Å². The molecule has 7 heteroatoms. The molecule has 0 atom stereocenters. The van der Waals surface area contributed by atoms with Crippen LogP contribution in [-0.2, 0) is 14.8 Å². The monoisotopic (exact) mass is 281 g/mol. The molecule has 0 radical (unpaired) electrons. The van der Waals surface area contributed by atoms with Crippen LogP contribution in [-0.4, -0.2) is 44.5 Å². The summed E-state index contributed by atoms with van der Waals surface area (Å²) in [5.41, 5.74) is 0.172. The minimum Gasteiger partial charge on any atom is -0.383 e. The SMILES string of the molecule is C=CCN(CCOC)S(=O)(=O)c1ccc(C#N)nc1. The third-order valence-electron chi connectivity index (χ3n) is 2.37. The number of hydrogen-bond donors (Lipinski definition) is 0. The van der Waals surface area contributed by atoms with Crippen LogP contribution in [0.2, 0.25) is 0 Å². The Kier molecular flexibility index (Phi) is 5.63. The summed E-state index contributed by atoms with van der Waals surface area (Å²) in [5, 5.41) is 8.64. The van der Waals surface area contributed by atoms with E-state index >= 15 is 0 Å². The average molecular weight is 281 g/mol. The predicted molar refractivity (Wildman–Crippen MR) is 69.8 cm³/mol. The molecule has 1 aromatic heterocycles. The van der Waals surface area contributed by atoms with Crippen LogP contribution < -0.4 is 0 Å². The third-order valence-corrected chi connectivity index (χ3v) is 4.21. The molecule has 0 unspecified atom stereocenters. The molecule has 0 aromatic carbocycles. The van der Waals surface area contributed by atoms with E-state index in [2.05, 4.69) is 11.6 Å². The second-order valence-electron chi connectivity index (χ2n) is 3.64. The van der Waals surface area contributed by atoms with Gasteiger partial charge >= 0.3 is 0 Å². The summed E-state index contributed by atoms with van der Waals surface area (Å²) in [6.45, 7) is 4.24. The minimum atomic E-state index is -3.65. The first-order valence-corrected chi connectivity index (χ1v) is 6.96. The van der Waals surface area contributed by atoms with Gasteiger partial charge in [0.15, 0.2) is 0 Å². The molecule has 0 N–H and O–H groups in total. The van der Waals surface area contributed by atoms with Gasteiger partial charge in [0.05, 0.1) is 6.61 Å². The molecular weight excluding hydrogens is 266 g/mol. The molecule has 0 aliphatic rings. The Balaban J connectivity index is 3.03. The van der Waals surface area contributed by atoms with Crippen LogP contribution in [0.4, 0.5) is 0 Å². The summed E-state index contributed by atoms with van der Waals surface area (Å²) in [6, 6.07) is 4.57. The van der Waals surface area contributed by atoms with Gasteiger partial charge in [-0.3, -0.25) is 0 Å². The van der Waals surface area contributed by atoms with Crippen molar-refractivity contribution >= 4 is 10.0 Å². The third kappa shape index (κ3) is 3.86. The van der Waals surface area contributed by atoms with Gasteiger partial charge in [-0.25, -0.2) is 13.4 Å². The zero-order valence-electron chi connectivity index (χ0n) is 10.6. The van der Waals surface area contributed by atoms with Crippen molar-refractivity contribution in [3.05, 3.63) is 36.7 Å². The van der Waals surface area contributed by atoms with Gasteiger partial charge in [0, 0.05) is 26.4 Å². The summed E-state index contributed by atoms with van der Waals surface area (Å²) in [6.07, 6.45) is 2.68. The van der Waals surface area contributed by atoms with Crippen LogP contribution in [0.15, 0.2) is 35.9 Å². The summed E-state index contributed by atoms with van der Waals surface area (Å²) in [7, 11) is -2.15. The van der Waals surface area contributed by atoms with Crippen LogP contribution in [0, 0.1) is 11.3 Å². The standard InChI is InChI=1S/C12H15N3O3S/c1-3-6-15(7-8-18-2)19(16,17)12-5-4-11(9-13)14-10-12/h3-5,10H,1,6-8H2,2H3. The lowest BCUT2D eigenvalue weighted by Gasteiger charge is -2.20. The Bertz CT molecular complexity index is 561. The zero-order valence-corrected chi connectivity index (χ0v) is 11.4. The lowest BCUT2D eigenvalue weighted by molar-refractivity contribution is 0.182. The Hall–Kier alpha value is -1.75. The van der Waals surface area contributed by atoms with Crippen molar-refractivity contribution in [2.75, 3.05) is 26.8 Å². The van der Waals surface area contributed by atoms with Crippen molar-refractivity contribution in [2.45, 2.75) is 4.90 Å². The lowest BCUT2D eigenvalue weighted by atomic mass is 10.4. The number of pyridine rings is 1. The van der Waals surface area contributed by atoms with Crippen LogP contribution >= 0.6 is 0 Å². The van der Waals surface area contributed by atoms with Crippen molar-refractivity contribution in [3.8, 4) is 6.07 Å². The fraction of sp³-hybridized carbons (Fsp3) is 0.333. The Morgan fingerprint density at radius 3 is 2.79 bits per heavy atom. The van der Waals surface area contributed by atoms with Crippen molar-refractivity contribution < 1.29 is 13.2 Å². The molecule has 0 spiro atoms. The van der Waals surface area contributed by atoms with Crippen LogP contribution in [0.1, 0.15) is 5.69 Å². The number of nitrogens with zero attached hydrogens (tertiary/aromatic N) is 3. The van der Waals surface area contributed by atoms with Crippen LogP contribution in [0.3, 0.4) is 0 Å². The minimum absolute atomic E-state index is 0.0458. The maximum atomic E-state index is 12.3. The van der Waals surface area contributed by atoms with E-state index in [0.29, 0.717) is 0 Å². The molecule has 6 nitrogen and oxygen atoms in total. The molecule has 0 aliphatic heterocycles. The summed E-state index contributed by atoms with van der Waals surface area (Å²) < 4.78 is 30.8. The summed E-state index contributed by atoms with van der Waals surface area (Å²) in [5.74, 6) is 0. The fourth-order valence-corrected chi connectivity index (χ4v) is 2.74. The number of sulfonamides is 1. The maximum absolute atomic E-state index is 12.3. The molecule has 0 saturated heterocycles. The normalized spacial score (nSPS) is 11.2. The second-order valence-corrected chi connectivity index (χ2v) is 5.57. The molecular formula is C12H15N3O3S. The molecule has 1 aromatic rings. The fourth-order valence-electron chi connectivity index (χ4n) is 1.39. The van der Waals surface area contributed by atoms with Crippen molar-refractivity contribution in [1.29, 1.82) is 5.26 Å². The van der Waals surface area contributed by atoms with E-state index in [4.69, 9.17) is 10.00 Å². The number of aromatic nitrogens is 1. The molecule has 102 valence electrons. The molecule has 0 aliphatic carbocycles. The van der Waals surface area contributed by atoms with Gasteiger partial charge in [-0.05, 0) is 12.1 Å². The van der Waals surface area contributed by atoms with Gasteiger partial charge in [0.1, 0.15) is 16.7 Å². The lowest BCUT2D eigenvalue weighted by Crippen LogP contribution is -2.34. The molecule has 0 fully saturated rings. The quantitative estimate of drug-likeness (QED) is 0.689. The highest BCUT2D eigenvalue weighted by Crippen LogP contribution is 2.14. The zero-order chi connectivity index (χ0) is 14.3. The summed E-state index contributed by atoms with van der Waals surface area (Å²) in [4.78, 5) is 3.81. The van der Waals surface area contributed by atoms with Gasteiger partial charge in [-0.15, -0.1) is 6.58 Å². The van der Waals surface area contributed by atoms with E-state index in [1.54, 1.807) is 0 Å². The van der Waals surface area contributed by atoms with E-state index < -0.39 is 10.0 Å². The second kappa shape index (κ2) is 6.99. The van der Waals surface area contributed by atoms with E-state index in [1.807, 2.05) is 6.07 Å². The van der Waals surface area contributed by atoms with Gasteiger partial charge in [0.25, 0.3) is 0 Å². The molecule has 1 heterocycles. The first-order valence-electron chi connectivity index (χ1n) is 5.52. The average Bonchev–Trinajstić information content (AvgIpc) is 2.43. The molecule has 1 rings (SSSR count). The number of methoxy groups -OCH3 is 1. The van der Waals surface area contributed by atoms with Gasteiger partial charge in [0.2, 0.25) is 10.0 Å². The van der Waals surface area contributed by atoms with E-state index in [1.165, 1.54) is 35.8 Å². The highest BCUT2D eigenvalue weighted by molar-refractivity contribution is 7.89. The first-order chi connectivity index (χ1) is 9.06. The summed E-state index contributed by atoms with van der Waals surface area (Å²) >= 11 is 0. The number of hydrogen-bond acceptors (Lipinski definition) is 5. The molecule has 0 amide bonds. The Labute approximate surface area is 113 Å². The first kappa shape index (κ1) is 15.3. The number of nitriles is 1. The van der Waals surface area contributed by atoms with Gasteiger partial charge in [-0.2, -0.15) is 9.57 Å². The Morgan fingerprint density at radius 1 is 1.58 bits per heavy atom. The number of ether oxygens (including phenoxy) is 1. The maximum Gasteiger partial charge on any atom is 0.244 e. The van der Waals surface area contributed by atoms with E-state index in [0.717, 1.165) is 0 Å². The Morgan fingerprint density at radius 2 is 2.32 bits per heavy atom. The largest absolute Gasteiger partial charge is 0.383 e. The van der Waals surface area contributed by atoms with Gasteiger partial charge in [-0.1, -0.05) is 6.08 Å². The van der Waals surface area contributed by atoms with Crippen molar-refractivity contribution in [3.63, 3.8) is 0 Å². The van der Waals surface area contributed by atoms with Crippen LogP contribution in [0.5, 0.6) is 0 Å². The smallest absolute Gasteiger partial charge is 0.244 e. The van der Waals surface area contributed by atoms with Crippen molar-refractivity contribution in [2.24, 2.45) is 0 Å². The highest BCUT2D eigenvalue weighted by Gasteiger charge is 2.23. The molecule has 19 heavy (non-hydrogen) atoms. The number of rotatable bonds is 7. The van der Waals surface area contributed by atoms with E-state index in [9.17, 15) is 8.42 Å². The van der Waals surface area contributed by atoms with Gasteiger partial charge < -0.3 is 4.74 Å². The highest BCUT2D eigenvalue weighted by atomic mass is 32.2. The van der Waals surface area contributed by atoms with Crippen LogP contribution in [0.25, 0.3) is 0 Å².